The molecule has 1 aromatic heterocycles. The fraction of sp³-hybridized carbons (Fsp3) is 0.353. The molecule has 1 heterocycles. The van der Waals surface area contributed by atoms with E-state index in [4.69, 9.17) is 9.47 Å². The largest absolute Gasteiger partial charge is 0.494 e. The monoisotopic (exact) mass is 366 g/mol. The summed E-state index contributed by atoms with van der Waals surface area (Å²) in [5.74, 6) is -0.0252. The Kier molecular flexibility index (Phi) is 5.73. The first-order valence-corrected chi connectivity index (χ1v) is 9.40. The van der Waals surface area contributed by atoms with Gasteiger partial charge in [0, 0.05) is 17.1 Å². The maximum atomic E-state index is 12.8. The molecule has 0 spiro atoms. The minimum atomic E-state index is -3.97. The number of rotatable bonds is 7. The van der Waals surface area contributed by atoms with Gasteiger partial charge in [-0.2, -0.15) is 0 Å². The number of carbonyl (C=O) groups excluding carboxylic acids is 1. The molecular formula is C17H22N2O5S. The van der Waals surface area contributed by atoms with E-state index in [1.165, 1.54) is 0 Å². The molecule has 0 fully saturated rings. The van der Waals surface area contributed by atoms with E-state index in [1.807, 2.05) is 6.92 Å². The fourth-order valence-electron chi connectivity index (χ4n) is 2.54. The molecule has 0 saturated carbocycles. The number of esters is 1. The summed E-state index contributed by atoms with van der Waals surface area (Å²) in [6.45, 7) is 7.45. The fourth-order valence-corrected chi connectivity index (χ4v) is 4.04. The van der Waals surface area contributed by atoms with Gasteiger partial charge in [-0.15, -0.1) is 0 Å². The van der Waals surface area contributed by atoms with Crippen LogP contribution in [-0.2, 0) is 14.8 Å². The SMILES string of the molecule is CCOC(=O)c1c(C)[nH]c(C)c1S(=O)(=O)Nc1ccc(OCC)cc1. The lowest BCUT2D eigenvalue weighted by Crippen LogP contribution is -2.18. The van der Waals surface area contributed by atoms with Crippen molar-refractivity contribution in [2.45, 2.75) is 32.6 Å². The summed E-state index contributed by atoms with van der Waals surface area (Å²) in [5.41, 5.74) is 1.22. The summed E-state index contributed by atoms with van der Waals surface area (Å²) in [4.78, 5) is 15.0. The topological polar surface area (TPSA) is 97.5 Å². The standard InChI is InChI=1S/C17H22N2O5S/c1-5-23-14-9-7-13(8-10-14)19-25(21,22)16-12(4)18-11(3)15(16)17(20)24-6-2/h7-10,18-19H,5-6H2,1-4H3. The van der Waals surface area contributed by atoms with Crippen LogP contribution < -0.4 is 9.46 Å². The highest BCUT2D eigenvalue weighted by atomic mass is 32.2. The Bertz CT molecular complexity index is 854. The van der Waals surface area contributed by atoms with E-state index >= 15 is 0 Å². The number of carbonyl (C=O) groups is 1. The van der Waals surface area contributed by atoms with Crippen molar-refractivity contribution in [1.29, 1.82) is 0 Å². The number of sulfonamides is 1. The summed E-state index contributed by atoms with van der Waals surface area (Å²) in [6.07, 6.45) is 0. The van der Waals surface area contributed by atoms with Gasteiger partial charge in [-0.3, -0.25) is 4.72 Å². The number of aryl methyl sites for hydroxylation is 2. The van der Waals surface area contributed by atoms with Crippen molar-refractivity contribution in [2.75, 3.05) is 17.9 Å². The molecule has 7 nitrogen and oxygen atoms in total. The first-order chi connectivity index (χ1) is 11.8. The zero-order valence-electron chi connectivity index (χ0n) is 14.7. The predicted molar refractivity (Wildman–Crippen MR) is 94.6 cm³/mol. The van der Waals surface area contributed by atoms with Crippen LogP contribution in [0.2, 0.25) is 0 Å². The molecule has 25 heavy (non-hydrogen) atoms. The van der Waals surface area contributed by atoms with Crippen molar-refractivity contribution in [3.8, 4) is 5.75 Å². The molecule has 0 amide bonds. The van der Waals surface area contributed by atoms with E-state index in [0.717, 1.165) is 0 Å². The number of aromatic nitrogens is 1. The Hall–Kier alpha value is -2.48. The van der Waals surface area contributed by atoms with Crippen LogP contribution in [0.1, 0.15) is 35.6 Å². The number of ether oxygens (including phenoxy) is 2. The van der Waals surface area contributed by atoms with Crippen molar-refractivity contribution in [3.63, 3.8) is 0 Å². The molecule has 0 aliphatic heterocycles. The van der Waals surface area contributed by atoms with Crippen molar-refractivity contribution < 1.29 is 22.7 Å². The number of benzene rings is 1. The number of anilines is 1. The second-order valence-electron chi connectivity index (χ2n) is 5.36. The Morgan fingerprint density at radius 2 is 1.72 bits per heavy atom. The maximum Gasteiger partial charge on any atom is 0.341 e. The van der Waals surface area contributed by atoms with Crippen molar-refractivity contribution in [3.05, 3.63) is 41.2 Å². The highest BCUT2D eigenvalue weighted by Gasteiger charge is 2.29. The van der Waals surface area contributed by atoms with Gasteiger partial charge in [0.1, 0.15) is 16.2 Å². The predicted octanol–water partition coefficient (Wildman–Crippen LogP) is 3.01. The van der Waals surface area contributed by atoms with E-state index in [0.29, 0.717) is 29.4 Å². The third-order valence-corrected chi connectivity index (χ3v) is 5.04. The van der Waals surface area contributed by atoms with E-state index in [1.54, 1.807) is 45.0 Å². The Morgan fingerprint density at radius 1 is 1.08 bits per heavy atom. The van der Waals surface area contributed by atoms with Gasteiger partial charge < -0.3 is 14.5 Å². The number of hydrogen-bond donors (Lipinski definition) is 2. The van der Waals surface area contributed by atoms with Crippen LogP contribution in [0.15, 0.2) is 29.2 Å². The Morgan fingerprint density at radius 3 is 2.28 bits per heavy atom. The number of H-pyrrole nitrogens is 1. The first kappa shape index (κ1) is 18.9. The van der Waals surface area contributed by atoms with Gasteiger partial charge in [0.05, 0.1) is 13.2 Å². The zero-order chi connectivity index (χ0) is 18.6. The van der Waals surface area contributed by atoms with Crippen LogP contribution in [0.4, 0.5) is 5.69 Å². The molecule has 136 valence electrons. The lowest BCUT2D eigenvalue weighted by molar-refractivity contribution is 0.0521. The third-order valence-electron chi connectivity index (χ3n) is 3.48. The molecule has 1 aromatic carbocycles. The van der Waals surface area contributed by atoms with Crippen LogP contribution >= 0.6 is 0 Å². The number of hydrogen-bond acceptors (Lipinski definition) is 5. The average Bonchev–Trinajstić information content (AvgIpc) is 2.84. The highest BCUT2D eigenvalue weighted by molar-refractivity contribution is 7.92. The first-order valence-electron chi connectivity index (χ1n) is 7.92. The van der Waals surface area contributed by atoms with Gasteiger partial charge in [0.15, 0.2) is 0 Å². The van der Waals surface area contributed by atoms with E-state index in [2.05, 4.69) is 9.71 Å². The summed E-state index contributed by atoms with van der Waals surface area (Å²) in [7, 11) is -3.97. The summed E-state index contributed by atoms with van der Waals surface area (Å²) >= 11 is 0. The third kappa shape index (κ3) is 4.14. The molecule has 2 aromatic rings. The smallest absolute Gasteiger partial charge is 0.341 e. The normalized spacial score (nSPS) is 11.2. The van der Waals surface area contributed by atoms with Crippen LogP contribution in [0.25, 0.3) is 0 Å². The second-order valence-corrected chi connectivity index (χ2v) is 6.98. The van der Waals surface area contributed by atoms with Crippen LogP contribution in [0, 0.1) is 13.8 Å². The quantitative estimate of drug-likeness (QED) is 0.734. The second kappa shape index (κ2) is 7.60. The van der Waals surface area contributed by atoms with E-state index in [9.17, 15) is 13.2 Å². The zero-order valence-corrected chi connectivity index (χ0v) is 15.5. The van der Waals surface area contributed by atoms with Gasteiger partial charge in [0.25, 0.3) is 10.0 Å². The maximum absolute atomic E-state index is 12.8. The molecule has 0 unspecified atom stereocenters. The van der Waals surface area contributed by atoms with Gasteiger partial charge in [-0.05, 0) is 52.0 Å². The Balaban J connectivity index is 2.38. The average molecular weight is 366 g/mol. The number of aromatic amines is 1. The molecule has 2 N–H and O–H groups in total. The minimum absolute atomic E-state index is 0.0257. The summed E-state index contributed by atoms with van der Waals surface area (Å²) in [5, 5.41) is 0. The lowest BCUT2D eigenvalue weighted by Gasteiger charge is -2.11. The minimum Gasteiger partial charge on any atom is -0.494 e. The van der Waals surface area contributed by atoms with E-state index in [-0.39, 0.29) is 17.1 Å². The molecular weight excluding hydrogens is 344 g/mol. The van der Waals surface area contributed by atoms with Crippen LogP contribution in [-0.4, -0.2) is 32.6 Å². The van der Waals surface area contributed by atoms with Crippen LogP contribution in [0.3, 0.4) is 0 Å². The molecule has 0 aliphatic carbocycles. The molecule has 0 aliphatic rings. The van der Waals surface area contributed by atoms with Crippen molar-refractivity contribution in [1.82, 2.24) is 4.98 Å². The highest BCUT2D eigenvalue weighted by Crippen LogP contribution is 2.27. The molecule has 0 atom stereocenters. The molecule has 0 bridgehead atoms. The van der Waals surface area contributed by atoms with Gasteiger partial charge in [-0.1, -0.05) is 0 Å². The lowest BCUT2D eigenvalue weighted by atomic mass is 10.2. The summed E-state index contributed by atoms with van der Waals surface area (Å²) in [6, 6.07) is 6.54. The number of nitrogens with one attached hydrogen (secondary N) is 2. The van der Waals surface area contributed by atoms with Crippen LogP contribution in [0.5, 0.6) is 5.75 Å². The molecule has 2 rings (SSSR count). The molecule has 8 heteroatoms. The van der Waals surface area contributed by atoms with Crippen molar-refractivity contribution >= 4 is 21.7 Å². The van der Waals surface area contributed by atoms with Gasteiger partial charge in [-0.25, -0.2) is 13.2 Å². The Labute approximate surface area is 147 Å². The van der Waals surface area contributed by atoms with Crippen molar-refractivity contribution in [2.24, 2.45) is 0 Å². The molecule has 0 radical (unpaired) electrons. The summed E-state index contributed by atoms with van der Waals surface area (Å²) < 4.78 is 38.4. The van der Waals surface area contributed by atoms with Gasteiger partial charge in [0.2, 0.25) is 0 Å². The van der Waals surface area contributed by atoms with E-state index < -0.39 is 16.0 Å². The molecule has 0 saturated heterocycles. The van der Waals surface area contributed by atoms with Gasteiger partial charge >= 0.3 is 5.97 Å².